The molecule has 0 aromatic carbocycles. The number of hydrogen-bond donors (Lipinski definition) is 1. The second-order valence-electron chi connectivity index (χ2n) is 1.65. The average Bonchev–Trinajstić information content (AvgIpc) is 1.83. The average molecular weight is 126 g/mol. The number of aromatic nitrogens is 2. The number of aromatic hydroxyl groups is 1. The van der Waals surface area contributed by atoms with Crippen molar-refractivity contribution in [2.24, 2.45) is 7.05 Å². The van der Waals surface area contributed by atoms with Crippen LogP contribution in [0.3, 0.4) is 0 Å². The second-order valence-corrected chi connectivity index (χ2v) is 1.65. The van der Waals surface area contributed by atoms with Gasteiger partial charge in [-0.3, -0.25) is 4.79 Å². The van der Waals surface area contributed by atoms with E-state index in [4.69, 9.17) is 5.11 Å². The van der Waals surface area contributed by atoms with E-state index in [2.05, 4.69) is 5.10 Å². The summed E-state index contributed by atoms with van der Waals surface area (Å²) < 4.78 is 1.06. The van der Waals surface area contributed by atoms with Gasteiger partial charge in [0.2, 0.25) is 0 Å². The monoisotopic (exact) mass is 126 g/mol. The van der Waals surface area contributed by atoms with E-state index in [1.54, 1.807) is 0 Å². The summed E-state index contributed by atoms with van der Waals surface area (Å²) in [5.41, 5.74) is -0.475. The van der Waals surface area contributed by atoms with Crippen molar-refractivity contribution >= 4 is 0 Å². The molecule has 1 aromatic heterocycles. The molecule has 0 saturated carbocycles. The van der Waals surface area contributed by atoms with Crippen molar-refractivity contribution in [3.8, 4) is 5.75 Å². The van der Waals surface area contributed by atoms with Crippen molar-refractivity contribution < 1.29 is 5.11 Å². The van der Waals surface area contributed by atoms with Crippen molar-refractivity contribution in [1.82, 2.24) is 9.78 Å². The molecule has 9 heavy (non-hydrogen) atoms. The van der Waals surface area contributed by atoms with Gasteiger partial charge in [-0.25, -0.2) is 4.68 Å². The number of rotatable bonds is 0. The van der Waals surface area contributed by atoms with Crippen LogP contribution in [0.2, 0.25) is 0 Å². The van der Waals surface area contributed by atoms with Crippen LogP contribution in [0.4, 0.5) is 0 Å². The van der Waals surface area contributed by atoms with Crippen LogP contribution in [0.15, 0.2) is 17.1 Å². The van der Waals surface area contributed by atoms with Crippen molar-refractivity contribution in [2.75, 3.05) is 0 Å². The van der Waals surface area contributed by atoms with E-state index in [0.29, 0.717) is 0 Å². The van der Waals surface area contributed by atoms with Gasteiger partial charge in [0.15, 0.2) is 5.75 Å². The predicted octanol–water partition coefficient (Wildman–Crippen LogP) is -0.514. The van der Waals surface area contributed by atoms with E-state index >= 15 is 0 Å². The zero-order chi connectivity index (χ0) is 6.85. The maximum atomic E-state index is 10.6. The second kappa shape index (κ2) is 1.89. The predicted molar refractivity (Wildman–Crippen MR) is 31.1 cm³/mol. The number of hydrogen-bond acceptors (Lipinski definition) is 3. The maximum absolute atomic E-state index is 10.6. The molecule has 48 valence electrons. The lowest BCUT2D eigenvalue weighted by Gasteiger charge is -1.92. The largest absolute Gasteiger partial charge is 0.503 e. The highest BCUT2D eigenvalue weighted by molar-refractivity contribution is 5.10. The fourth-order valence-corrected chi connectivity index (χ4v) is 0.493. The SMILES string of the molecule is Cn1nccc(O)c1=O. The molecule has 0 radical (unpaired) electrons. The minimum Gasteiger partial charge on any atom is -0.503 e. The van der Waals surface area contributed by atoms with Crippen LogP contribution in [0, 0.1) is 0 Å². The van der Waals surface area contributed by atoms with E-state index in [1.807, 2.05) is 0 Å². The molecule has 0 bridgehead atoms. The molecule has 4 nitrogen and oxygen atoms in total. The topological polar surface area (TPSA) is 55.1 Å². The fraction of sp³-hybridized carbons (Fsp3) is 0.200. The van der Waals surface area contributed by atoms with Gasteiger partial charge in [-0.2, -0.15) is 5.10 Å². The smallest absolute Gasteiger partial charge is 0.308 e. The van der Waals surface area contributed by atoms with Gasteiger partial charge in [0.05, 0.1) is 6.20 Å². The van der Waals surface area contributed by atoms with Gasteiger partial charge in [0.25, 0.3) is 0 Å². The Kier molecular flexibility index (Phi) is 1.22. The van der Waals surface area contributed by atoms with Crippen LogP contribution < -0.4 is 5.56 Å². The molecule has 0 aliphatic rings. The van der Waals surface area contributed by atoms with Crippen molar-refractivity contribution in [2.45, 2.75) is 0 Å². The highest BCUT2D eigenvalue weighted by Crippen LogP contribution is 1.92. The zero-order valence-electron chi connectivity index (χ0n) is 4.90. The lowest BCUT2D eigenvalue weighted by atomic mass is 10.5. The first kappa shape index (κ1) is 5.81. The Bertz CT molecular complexity index is 243. The molecule has 0 saturated heterocycles. The molecule has 0 spiro atoms. The summed E-state index contributed by atoms with van der Waals surface area (Å²) in [6.07, 6.45) is 1.36. The summed E-state index contributed by atoms with van der Waals surface area (Å²) in [4.78, 5) is 10.6. The Balaban J connectivity index is 3.43. The van der Waals surface area contributed by atoms with Gasteiger partial charge in [0.1, 0.15) is 0 Å². The van der Waals surface area contributed by atoms with Gasteiger partial charge in [0, 0.05) is 13.1 Å². The molecule has 0 fully saturated rings. The fourth-order valence-electron chi connectivity index (χ4n) is 0.493. The summed E-state index contributed by atoms with van der Waals surface area (Å²) >= 11 is 0. The van der Waals surface area contributed by atoms with Crippen LogP contribution in [0.5, 0.6) is 5.75 Å². The van der Waals surface area contributed by atoms with Crippen LogP contribution in [0.1, 0.15) is 0 Å². The molecule has 0 aliphatic carbocycles. The summed E-state index contributed by atoms with van der Waals surface area (Å²) in [6, 6.07) is 1.25. The lowest BCUT2D eigenvalue weighted by Crippen LogP contribution is -2.17. The standard InChI is InChI=1S/C5H6N2O2/c1-7-5(9)4(8)2-3-6-7/h2-3,8H,1H3. The molecule has 1 aromatic rings. The third kappa shape index (κ3) is 0.910. The third-order valence-corrected chi connectivity index (χ3v) is 0.985. The molecular formula is C5H6N2O2. The lowest BCUT2D eigenvalue weighted by molar-refractivity contribution is 0.454. The van der Waals surface area contributed by atoms with Crippen LogP contribution in [-0.4, -0.2) is 14.9 Å². The van der Waals surface area contributed by atoms with Crippen molar-refractivity contribution in [3.63, 3.8) is 0 Å². The van der Waals surface area contributed by atoms with Crippen molar-refractivity contribution in [3.05, 3.63) is 22.6 Å². The Hall–Kier alpha value is -1.32. The Labute approximate surface area is 51.4 Å². The van der Waals surface area contributed by atoms with Crippen LogP contribution >= 0.6 is 0 Å². The molecule has 0 atom stereocenters. The highest BCUT2D eigenvalue weighted by Gasteiger charge is 1.94. The zero-order valence-corrected chi connectivity index (χ0v) is 4.90. The Morgan fingerprint density at radius 2 is 2.44 bits per heavy atom. The Morgan fingerprint density at radius 3 is 2.89 bits per heavy atom. The minimum atomic E-state index is -0.475. The van der Waals surface area contributed by atoms with Gasteiger partial charge in [-0.1, -0.05) is 0 Å². The molecule has 1 rings (SSSR count). The van der Waals surface area contributed by atoms with E-state index in [-0.39, 0.29) is 5.75 Å². The molecule has 4 heteroatoms. The highest BCUT2D eigenvalue weighted by atomic mass is 16.3. The summed E-state index contributed by atoms with van der Waals surface area (Å²) in [5, 5.41) is 12.3. The first-order chi connectivity index (χ1) is 4.22. The summed E-state index contributed by atoms with van der Waals surface area (Å²) in [5.74, 6) is -0.271. The minimum absolute atomic E-state index is 0.271. The van der Waals surface area contributed by atoms with Gasteiger partial charge < -0.3 is 5.11 Å². The van der Waals surface area contributed by atoms with E-state index in [0.717, 1.165) is 4.68 Å². The number of nitrogens with zero attached hydrogens (tertiary/aromatic N) is 2. The van der Waals surface area contributed by atoms with E-state index in [1.165, 1.54) is 19.3 Å². The van der Waals surface area contributed by atoms with Crippen LogP contribution in [0.25, 0.3) is 0 Å². The third-order valence-electron chi connectivity index (χ3n) is 0.985. The first-order valence-corrected chi connectivity index (χ1v) is 2.43. The molecule has 0 aliphatic heterocycles. The Morgan fingerprint density at radius 1 is 1.78 bits per heavy atom. The van der Waals surface area contributed by atoms with E-state index in [9.17, 15) is 4.79 Å². The van der Waals surface area contributed by atoms with E-state index < -0.39 is 5.56 Å². The molecular weight excluding hydrogens is 120 g/mol. The quantitative estimate of drug-likeness (QED) is 0.509. The number of aryl methyl sites for hydroxylation is 1. The first-order valence-electron chi connectivity index (χ1n) is 2.43. The molecule has 0 unspecified atom stereocenters. The molecule has 0 amide bonds. The van der Waals surface area contributed by atoms with Gasteiger partial charge in [-0.05, 0) is 0 Å². The molecule has 1 N–H and O–H groups in total. The van der Waals surface area contributed by atoms with Crippen LogP contribution in [-0.2, 0) is 7.05 Å². The maximum Gasteiger partial charge on any atom is 0.308 e. The molecule has 1 heterocycles. The van der Waals surface area contributed by atoms with Gasteiger partial charge >= 0.3 is 5.56 Å². The summed E-state index contributed by atoms with van der Waals surface area (Å²) in [7, 11) is 1.47. The van der Waals surface area contributed by atoms with Crippen molar-refractivity contribution in [1.29, 1.82) is 0 Å². The normalized spacial score (nSPS) is 9.44. The summed E-state index contributed by atoms with van der Waals surface area (Å²) in [6.45, 7) is 0. The van der Waals surface area contributed by atoms with Gasteiger partial charge in [-0.15, -0.1) is 0 Å².